The van der Waals surface area contributed by atoms with Crippen LogP contribution in [0.3, 0.4) is 0 Å². The molecule has 0 fully saturated rings. The third-order valence-electron chi connectivity index (χ3n) is 12.2. The first kappa shape index (κ1) is 35.1. The fourth-order valence-electron chi connectivity index (χ4n) is 9.24. The van der Waals surface area contributed by atoms with E-state index < -0.39 is 0 Å². The molecule has 12 aromatic rings. The van der Waals surface area contributed by atoms with Crippen molar-refractivity contribution in [3.05, 3.63) is 188 Å². The number of aryl methyl sites for hydroxylation is 1. The van der Waals surface area contributed by atoms with E-state index in [-0.39, 0.29) is 0 Å². The zero-order chi connectivity index (χ0) is 40.4. The molecule has 0 radical (unpaired) electrons. The van der Waals surface area contributed by atoms with E-state index in [1.54, 1.807) is 0 Å². The number of hydrogen-bond acceptors (Lipinski definition) is 4. The summed E-state index contributed by atoms with van der Waals surface area (Å²) in [5, 5.41) is 6.92. The second-order valence-electron chi connectivity index (χ2n) is 15.9. The average Bonchev–Trinajstić information content (AvgIpc) is 3.98. The van der Waals surface area contributed by atoms with E-state index in [2.05, 4.69) is 180 Å². The number of fused-ring (bicyclic) bond motifs is 9. The average molecular weight is 786 g/mol. The first-order chi connectivity index (χ1) is 30.2. The van der Waals surface area contributed by atoms with Crippen LogP contribution in [-0.2, 0) is 6.42 Å². The van der Waals surface area contributed by atoms with Gasteiger partial charge >= 0.3 is 0 Å². The highest BCUT2D eigenvalue weighted by molar-refractivity contribution is 6.13. The van der Waals surface area contributed by atoms with Crippen LogP contribution < -0.4 is 0 Å². The molecule has 61 heavy (non-hydrogen) atoms. The predicted molar refractivity (Wildman–Crippen MR) is 251 cm³/mol. The van der Waals surface area contributed by atoms with Crippen LogP contribution >= 0.6 is 0 Å². The van der Waals surface area contributed by atoms with Gasteiger partial charge in [0.1, 0.15) is 11.2 Å². The second-order valence-corrected chi connectivity index (χ2v) is 15.9. The van der Waals surface area contributed by atoms with Gasteiger partial charge in [0.05, 0.1) is 22.1 Å². The van der Waals surface area contributed by atoms with E-state index in [0.717, 1.165) is 83.8 Å². The number of rotatable bonds is 8. The van der Waals surface area contributed by atoms with Crippen molar-refractivity contribution in [1.29, 1.82) is 0 Å². The number of furan rings is 1. The van der Waals surface area contributed by atoms with Gasteiger partial charge in [0.2, 0.25) is 5.95 Å². The van der Waals surface area contributed by atoms with Gasteiger partial charge in [-0.1, -0.05) is 141 Å². The van der Waals surface area contributed by atoms with Gasteiger partial charge in [0.15, 0.2) is 11.6 Å². The van der Waals surface area contributed by atoms with Crippen molar-refractivity contribution >= 4 is 65.6 Å². The number of hydrogen-bond donors (Lipinski definition) is 0. The van der Waals surface area contributed by atoms with E-state index in [9.17, 15) is 0 Å². The van der Waals surface area contributed by atoms with Crippen molar-refractivity contribution in [3.8, 4) is 45.5 Å². The highest BCUT2D eigenvalue weighted by Gasteiger charge is 2.21. The maximum Gasteiger partial charge on any atom is 0.238 e. The maximum absolute atomic E-state index is 6.62. The van der Waals surface area contributed by atoms with Crippen molar-refractivity contribution in [1.82, 2.24) is 24.1 Å². The van der Waals surface area contributed by atoms with E-state index in [0.29, 0.717) is 17.6 Å². The molecule has 0 aliphatic rings. The molecular formula is C55H39N5O. The van der Waals surface area contributed by atoms with Crippen LogP contribution in [0.4, 0.5) is 0 Å². The van der Waals surface area contributed by atoms with E-state index in [4.69, 9.17) is 19.4 Å². The predicted octanol–water partition coefficient (Wildman–Crippen LogP) is 14.3. The Morgan fingerprint density at radius 1 is 0.443 bits per heavy atom. The molecule has 4 heterocycles. The molecule has 0 N–H and O–H groups in total. The molecule has 6 heteroatoms. The lowest BCUT2D eigenvalue weighted by Gasteiger charge is -2.12. The monoisotopic (exact) mass is 785 g/mol. The summed E-state index contributed by atoms with van der Waals surface area (Å²) in [7, 11) is 0. The lowest BCUT2D eigenvalue weighted by Crippen LogP contribution is -2.06. The minimum Gasteiger partial charge on any atom is -0.455 e. The summed E-state index contributed by atoms with van der Waals surface area (Å²) < 4.78 is 11.1. The molecule has 0 saturated carbocycles. The zero-order valence-electron chi connectivity index (χ0n) is 33.6. The Morgan fingerprint density at radius 3 is 1.90 bits per heavy atom. The lowest BCUT2D eigenvalue weighted by molar-refractivity contribution is 0.669. The SMILES string of the molecule is CCCCc1ccc2oc3c(-c4ccc5c(c4)c4ccccc4n5-c4nc(-c5ccccc5)nc(-c5ccc6c7ccccc7n(-c7ccccc7)c6c5)n4)cccc3c2c1. The lowest BCUT2D eigenvalue weighted by atomic mass is 9.99. The van der Waals surface area contributed by atoms with Gasteiger partial charge in [0.25, 0.3) is 0 Å². The van der Waals surface area contributed by atoms with Crippen LogP contribution in [0.1, 0.15) is 25.3 Å². The van der Waals surface area contributed by atoms with Crippen LogP contribution in [0.2, 0.25) is 0 Å². The highest BCUT2D eigenvalue weighted by Crippen LogP contribution is 2.40. The Hall–Kier alpha value is -7.83. The van der Waals surface area contributed by atoms with Crippen molar-refractivity contribution in [2.24, 2.45) is 0 Å². The number of unbranched alkanes of at least 4 members (excludes halogenated alkanes) is 1. The molecule has 8 aromatic carbocycles. The third kappa shape index (κ3) is 5.75. The zero-order valence-corrected chi connectivity index (χ0v) is 33.6. The molecule has 12 rings (SSSR count). The summed E-state index contributed by atoms with van der Waals surface area (Å²) >= 11 is 0. The Morgan fingerprint density at radius 2 is 1.10 bits per heavy atom. The number of benzene rings is 8. The molecule has 0 aliphatic heterocycles. The van der Waals surface area contributed by atoms with Gasteiger partial charge in [0, 0.05) is 54.7 Å². The van der Waals surface area contributed by atoms with Crippen LogP contribution in [0.15, 0.2) is 186 Å². The first-order valence-corrected chi connectivity index (χ1v) is 21.1. The molecule has 0 aliphatic carbocycles. The number of nitrogens with zero attached hydrogens (tertiary/aromatic N) is 5. The van der Waals surface area contributed by atoms with Gasteiger partial charge in [-0.15, -0.1) is 0 Å². The molecule has 0 saturated heterocycles. The molecule has 4 aromatic heterocycles. The van der Waals surface area contributed by atoms with Crippen molar-refractivity contribution in [3.63, 3.8) is 0 Å². The van der Waals surface area contributed by atoms with Crippen molar-refractivity contribution in [2.75, 3.05) is 0 Å². The van der Waals surface area contributed by atoms with E-state index >= 15 is 0 Å². The molecule has 6 nitrogen and oxygen atoms in total. The minimum atomic E-state index is 0.560. The topological polar surface area (TPSA) is 61.7 Å². The first-order valence-electron chi connectivity index (χ1n) is 21.1. The smallest absolute Gasteiger partial charge is 0.238 e. The summed E-state index contributed by atoms with van der Waals surface area (Å²) in [6.45, 7) is 2.24. The molecule has 0 spiro atoms. The van der Waals surface area contributed by atoms with Crippen molar-refractivity contribution < 1.29 is 4.42 Å². The number of para-hydroxylation sites is 4. The Labute approximate surface area is 352 Å². The van der Waals surface area contributed by atoms with Gasteiger partial charge < -0.3 is 8.98 Å². The summed E-state index contributed by atoms with van der Waals surface area (Å²) in [6.07, 6.45) is 3.43. The van der Waals surface area contributed by atoms with Crippen molar-refractivity contribution in [2.45, 2.75) is 26.2 Å². The molecule has 0 bridgehead atoms. The van der Waals surface area contributed by atoms with Gasteiger partial charge in [-0.05, 0) is 78.6 Å². The normalized spacial score (nSPS) is 11.9. The largest absolute Gasteiger partial charge is 0.455 e. The standard InChI is InChI=1S/C55H39N5O/c1-2-3-15-35-26-31-51-46(32-35)44-23-14-22-40(52(44)61-51)37-28-30-49-45(33-37)42-21-11-13-25-48(42)60(49)55-57-53(36-16-6-4-7-17-36)56-54(58-55)38-27-29-43-41-20-10-12-24-47(41)59(50(43)34-38)39-18-8-5-9-19-39/h4-14,16-34H,2-3,15H2,1H3. The van der Waals surface area contributed by atoms with Gasteiger partial charge in [-0.2, -0.15) is 9.97 Å². The van der Waals surface area contributed by atoms with E-state index in [1.165, 1.54) is 34.6 Å². The van der Waals surface area contributed by atoms with Crippen LogP contribution in [0, 0.1) is 0 Å². The molecule has 0 unspecified atom stereocenters. The molecule has 0 amide bonds. The quantitative estimate of drug-likeness (QED) is 0.154. The molecule has 0 atom stereocenters. The Bertz CT molecular complexity index is 3630. The second kappa shape index (κ2) is 14.2. The Kier molecular flexibility index (Phi) is 8.17. The van der Waals surface area contributed by atoms with Gasteiger partial charge in [-0.25, -0.2) is 4.98 Å². The molecule has 290 valence electrons. The van der Waals surface area contributed by atoms with Crippen LogP contribution in [0.25, 0.3) is 111 Å². The summed E-state index contributed by atoms with van der Waals surface area (Å²) in [4.78, 5) is 15.7. The number of aromatic nitrogens is 5. The fraction of sp³-hybridized carbons (Fsp3) is 0.0727. The minimum absolute atomic E-state index is 0.560. The molecular weight excluding hydrogens is 747 g/mol. The van der Waals surface area contributed by atoms with Gasteiger partial charge in [-0.3, -0.25) is 4.57 Å². The van der Waals surface area contributed by atoms with Crippen LogP contribution in [-0.4, -0.2) is 24.1 Å². The summed E-state index contributed by atoms with van der Waals surface area (Å²) in [5.74, 6) is 1.78. The maximum atomic E-state index is 6.62. The summed E-state index contributed by atoms with van der Waals surface area (Å²) in [5.41, 5.74) is 12.5. The van der Waals surface area contributed by atoms with E-state index in [1.807, 2.05) is 18.2 Å². The fourth-order valence-corrected chi connectivity index (χ4v) is 9.24. The summed E-state index contributed by atoms with van der Waals surface area (Å²) in [6, 6.07) is 64.2. The third-order valence-corrected chi connectivity index (χ3v) is 12.2. The van der Waals surface area contributed by atoms with Crippen LogP contribution in [0.5, 0.6) is 0 Å². The Balaban J connectivity index is 1.05. The highest BCUT2D eigenvalue weighted by atomic mass is 16.3.